The van der Waals surface area contributed by atoms with E-state index in [-0.39, 0.29) is 11.9 Å². The van der Waals surface area contributed by atoms with Gasteiger partial charge in [0.15, 0.2) is 0 Å². The Hall–Kier alpha value is -2.62. The molecule has 26 heavy (non-hydrogen) atoms. The summed E-state index contributed by atoms with van der Waals surface area (Å²) in [6.45, 7) is 5.04. The third-order valence-corrected chi connectivity index (χ3v) is 4.27. The van der Waals surface area contributed by atoms with Crippen molar-refractivity contribution in [1.82, 2.24) is 0 Å². The molecule has 0 aliphatic heterocycles. The molecule has 0 unspecified atom stereocenters. The van der Waals surface area contributed by atoms with E-state index in [1.807, 2.05) is 48.5 Å². The fourth-order valence-corrected chi connectivity index (χ4v) is 2.88. The lowest BCUT2D eigenvalue weighted by molar-refractivity contribution is -0.132. The number of para-hydroxylation sites is 2. The summed E-state index contributed by atoms with van der Waals surface area (Å²) in [6.07, 6.45) is 3.70. The second kappa shape index (κ2) is 9.76. The Balaban J connectivity index is 1.90. The molecule has 0 amide bonds. The number of hydrogen-bond acceptors (Lipinski definition) is 4. The Bertz CT molecular complexity index is 688. The van der Waals surface area contributed by atoms with Crippen LogP contribution in [0.2, 0.25) is 0 Å². The van der Waals surface area contributed by atoms with Crippen molar-refractivity contribution in [1.29, 1.82) is 0 Å². The number of ether oxygens (including phenoxy) is 2. The fourth-order valence-electron chi connectivity index (χ4n) is 2.88. The summed E-state index contributed by atoms with van der Waals surface area (Å²) >= 11 is 0. The highest BCUT2D eigenvalue weighted by Crippen LogP contribution is 2.25. The first-order chi connectivity index (χ1) is 12.5. The van der Waals surface area contributed by atoms with Crippen LogP contribution in [0.25, 0.3) is 0 Å². The van der Waals surface area contributed by atoms with E-state index < -0.39 is 0 Å². The maximum Gasteiger partial charge on any atom is 0.308 e. The average Bonchev–Trinajstić information content (AvgIpc) is 2.59. The van der Waals surface area contributed by atoms with Crippen LogP contribution in [0.4, 0.5) is 0 Å². The number of hydrogen-bond donors (Lipinski definition) is 0. The van der Waals surface area contributed by atoms with Gasteiger partial charge in [0.1, 0.15) is 11.5 Å². The van der Waals surface area contributed by atoms with Crippen LogP contribution in [0.5, 0.6) is 11.5 Å². The molecule has 0 atom stereocenters. The summed E-state index contributed by atoms with van der Waals surface area (Å²) in [6, 6.07) is 15.3. The number of carbonyl (C=O) groups is 2. The monoisotopic (exact) mass is 354 g/mol. The Morgan fingerprint density at radius 1 is 0.769 bits per heavy atom. The first-order valence-corrected chi connectivity index (χ1v) is 8.98. The Kier molecular flexibility index (Phi) is 7.39. The standard InChI is InChI=1S/C22H26O4/c1-16(12-14-19-8-4-6-10-21(19)25-17(2)23)13-15-20-9-5-7-11-22(20)26-18(3)24/h4-11,16H,12-15H2,1-3H3. The van der Waals surface area contributed by atoms with E-state index in [9.17, 15) is 9.59 Å². The van der Waals surface area contributed by atoms with Gasteiger partial charge in [0.2, 0.25) is 0 Å². The summed E-state index contributed by atoms with van der Waals surface area (Å²) in [5.41, 5.74) is 2.10. The third-order valence-electron chi connectivity index (χ3n) is 4.27. The molecule has 0 bridgehead atoms. The van der Waals surface area contributed by atoms with Gasteiger partial charge in [-0.25, -0.2) is 0 Å². The zero-order valence-electron chi connectivity index (χ0n) is 15.7. The zero-order chi connectivity index (χ0) is 18.9. The van der Waals surface area contributed by atoms with E-state index in [0.717, 1.165) is 36.8 Å². The summed E-state index contributed by atoms with van der Waals surface area (Å²) < 4.78 is 10.5. The molecular weight excluding hydrogens is 328 g/mol. The van der Waals surface area contributed by atoms with Crippen molar-refractivity contribution in [2.45, 2.75) is 46.5 Å². The summed E-state index contributed by atoms with van der Waals surface area (Å²) in [5.74, 6) is 1.19. The highest BCUT2D eigenvalue weighted by atomic mass is 16.5. The van der Waals surface area contributed by atoms with E-state index in [0.29, 0.717) is 17.4 Å². The van der Waals surface area contributed by atoms with Crippen LogP contribution >= 0.6 is 0 Å². The van der Waals surface area contributed by atoms with Gasteiger partial charge in [0.25, 0.3) is 0 Å². The molecule has 0 N–H and O–H groups in total. The van der Waals surface area contributed by atoms with Crippen molar-refractivity contribution >= 4 is 11.9 Å². The van der Waals surface area contributed by atoms with Gasteiger partial charge in [-0.2, -0.15) is 0 Å². The lowest BCUT2D eigenvalue weighted by Crippen LogP contribution is -2.06. The topological polar surface area (TPSA) is 52.6 Å². The highest BCUT2D eigenvalue weighted by Gasteiger charge is 2.11. The predicted molar refractivity (Wildman–Crippen MR) is 101 cm³/mol. The molecule has 2 aromatic carbocycles. The minimum atomic E-state index is -0.299. The van der Waals surface area contributed by atoms with Crippen molar-refractivity contribution in [2.24, 2.45) is 5.92 Å². The fraction of sp³-hybridized carbons (Fsp3) is 0.364. The average molecular weight is 354 g/mol. The zero-order valence-corrected chi connectivity index (χ0v) is 15.7. The number of carbonyl (C=O) groups excluding carboxylic acids is 2. The first kappa shape index (κ1) is 19.7. The largest absolute Gasteiger partial charge is 0.426 e. The third kappa shape index (κ3) is 6.36. The van der Waals surface area contributed by atoms with Gasteiger partial charge in [-0.15, -0.1) is 0 Å². The molecular formula is C22H26O4. The van der Waals surface area contributed by atoms with E-state index in [2.05, 4.69) is 6.92 Å². The maximum atomic E-state index is 11.2. The van der Waals surface area contributed by atoms with E-state index in [1.54, 1.807) is 0 Å². The lowest BCUT2D eigenvalue weighted by Gasteiger charge is -2.14. The molecule has 0 saturated carbocycles. The van der Waals surface area contributed by atoms with Crippen molar-refractivity contribution in [3.63, 3.8) is 0 Å². The molecule has 0 aromatic heterocycles. The number of aryl methyl sites for hydroxylation is 2. The van der Waals surface area contributed by atoms with Crippen molar-refractivity contribution in [3.05, 3.63) is 59.7 Å². The summed E-state index contributed by atoms with van der Waals surface area (Å²) in [4.78, 5) is 22.4. The number of rotatable bonds is 8. The Morgan fingerprint density at radius 2 is 1.15 bits per heavy atom. The molecule has 0 aliphatic carbocycles. The van der Waals surface area contributed by atoms with Gasteiger partial charge in [-0.3, -0.25) is 9.59 Å². The molecule has 0 fully saturated rings. The molecule has 138 valence electrons. The number of benzene rings is 2. The van der Waals surface area contributed by atoms with Gasteiger partial charge in [0.05, 0.1) is 0 Å². The van der Waals surface area contributed by atoms with Crippen LogP contribution in [0.15, 0.2) is 48.5 Å². The minimum Gasteiger partial charge on any atom is -0.426 e. The molecule has 2 rings (SSSR count). The van der Waals surface area contributed by atoms with Gasteiger partial charge < -0.3 is 9.47 Å². The van der Waals surface area contributed by atoms with Gasteiger partial charge in [-0.05, 0) is 54.9 Å². The molecule has 4 heteroatoms. The second-order valence-corrected chi connectivity index (χ2v) is 6.59. The molecule has 0 aliphatic rings. The molecule has 4 nitrogen and oxygen atoms in total. The molecule has 0 saturated heterocycles. The van der Waals surface area contributed by atoms with E-state index >= 15 is 0 Å². The van der Waals surface area contributed by atoms with E-state index in [1.165, 1.54) is 13.8 Å². The van der Waals surface area contributed by atoms with Gasteiger partial charge in [-0.1, -0.05) is 43.3 Å². The van der Waals surface area contributed by atoms with E-state index in [4.69, 9.17) is 9.47 Å². The number of esters is 2. The van der Waals surface area contributed by atoms with Crippen molar-refractivity contribution in [2.75, 3.05) is 0 Å². The SMILES string of the molecule is CC(=O)Oc1ccccc1CCC(C)CCc1ccccc1OC(C)=O. The maximum absolute atomic E-state index is 11.2. The van der Waals surface area contributed by atoms with Gasteiger partial charge in [0, 0.05) is 13.8 Å². The van der Waals surface area contributed by atoms with Crippen LogP contribution in [0, 0.1) is 5.92 Å². The smallest absolute Gasteiger partial charge is 0.308 e. The minimum absolute atomic E-state index is 0.299. The van der Waals surface area contributed by atoms with Crippen LogP contribution in [0.3, 0.4) is 0 Å². The Morgan fingerprint density at radius 3 is 1.54 bits per heavy atom. The first-order valence-electron chi connectivity index (χ1n) is 8.98. The van der Waals surface area contributed by atoms with Crippen molar-refractivity contribution < 1.29 is 19.1 Å². The quantitative estimate of drug-likeness (QED) is 0.507. The predicted octanol–water partition coefficient (Wildman–Crippen LogP) is 4.74. The molecule has 0 heterocycles. The van der Waals surface area contributed by atoms with Crippen LogP contribution < -0.4 is 9.47 Å². The van der Waals surface area contributed by atoms with Crippen LogP contribution in [-0.2, 0) is 22.4 Å². The molecule has 0 spiro atoms. The van der Waals surface area contributed by atoms with Crippen LogP contribution in [-0.4, -0.2) is 11.9 Å². The second-order valence-electron chi connectivity index (χ2n) is 6.59. The lowest BCUT2D eigenvalue weighted by atomic mass is 9.94. The summed E-state index contributed by atoms with van der Waals surface area (Å²) in [7, 11) is 0. The summed E-state index contributed by atoms with van der Waals surface area (Å²) in [5, 5.41) is 0. The van der Waals surface area contributed by atoms with Crippen LogP contribution in [0.1, 0.15) is 44.7 Å². The molecule has 2 aromatic rings. The molecule has 0 radical (unpaired) electrons. The Labute approximate surface area is 155 Å². The van der Waals surface area contributed by atoms with Gasteiger partial charge >= 0.3 is 11.9 Å². The normalized spacial score (nSPS) is 10.6. The van der Waals surface area contributed by atoms with Crippen molar-refractivity contribution in [3.8, 4) is 11.5 Å². The highest BCUT2D eigenvalue weighted by molar-refractivity contribution is 5.70.